The van der Waals surface area contributed by atoms with Crippen molar-refractivity contribution in [3.05, 3.63) is 35.5 Å². The Hall–Kier alpha value is -1.28. The molecule has 21 heavy (non-hydrogen) atoms. The van der Waals surface area contributed by atoms with Crippen molar-refractivity contribution in [1.82, 2.24) is 9.88 Å². The predicted octanol–water partition coefficient (Wildman–Crippen LogP) is 4.55. The molecule has 0 radical (unpaired) electrons. The number of hydrogen-bond acceptors (Lipinski definition) is 1. The average molecular weight is 284 g/mol. The Labute approximate surface area is 128 Å². The molecule has 2 nitrogen and oxygen atoms in total. The third-order valence-corrected chi connectivity index (χ3v) is 5.32. The summed E-state index contributed by atoms with van der Waals surface area (Å²) in [5, 5.41) is 5.21. The highest BCUT2D eigenvalue weighted by atomic mass is 15.0. The van der Waals surface area contributed by atoms with Crippen LogP contribution in [0.25, 0.3) is 10.9 Å². The Kier molecular flexibility index (Phi) is 4.34. The van der Waals surface area contributed by atoms with E-state index >= 15 is 0 Å². The van der Waals surface area contributed by atoms with E-state index in [1.807, 2.05) is 0 Å². The van der Waals surface area contributed by atoms with Crippen molar-refractivity contribution in [2.75, 3.05) is 0 Å². The maximum Gasteiger partial charge on any atom is 0.0483 e. The molecule has 2 heteroatoms. The molecule has 1 aromatic heterocycles. The zero-order valence-corrected chi connectivity index (χ0v) is 13.7. The number of para-hydroxylation sites is 1. The number of aromatic nitrogens is 1. The molecule has 1 fully saturated rings. The van der Waals surface area contributed by atoms with Gasteiger partial charge < -0.3 is 9.88 Å². The number of hydrogen-bond donors (Lipinski definition) is 1. The number of rotatable bonds is 3. The van der Waals surface area contributed by atoms with Gasteiger partial charge in [-0.15, -0.1) is 0 Å². The molecule has 1 aliphatic carbocycles. The molecule has 0 spiro atoms. The minimum Gasteiger partial charge on any atom is -0.346 e. The van der Waals surface area contributed by atoms with Crippen LogP contribution in [0.4, 0.5) is 0 Å². The lowest BCUT2D eigenvalue weighted by molar-refractivity contribution is 0.442. The fourth-order valence-corrected chi connectivity index (χ4v) is 3.82. The summed E-state index contributed by atoms with van der Waals surface area (Å²) in [6.45, 7) is 5.65. The standard InChI is InChI=1S/C19H28N2/c1-14-7-6-8-16(12-11-14)20-13-19-15(2)17-9-4-5-10-18(17)21(19)3/h4-5,9-10,14,16,20H,6-8,11-13H2,1-3H3. The zero-order valence-electron chi connectivity index (χ0n) is 13.7. The van der Waals surface area contributed by atoms with Gasteiger partial charge in [0.1, 0.15) is 0 Å². The maximum atomic E-state index is 3.82. The summed E-state index contributed by atoms with van der Waals surface area (Å²) in [6.07, 6.45) is 6.85. The van der Waals surface area contributed by atoms with Gasteiger partial charge in [-0.2, -0.15) is 0 Å². The molecule has 1 aromatic carbocycles. The monoisotopic (exact) mass is 284 g/mol. The van der Waals surface area contributed by atoms with Crippen molar-refractivity contribution >= 4 is 10.9 Å². The van der Waals surface area contributed by atoms with Crippen LogP contribution >= 0.6 is 0 Å². The second-order valence-electron chi connectivity index (χ2n) is 6.84. The topological polar surface area (TPSA) is 17.0 Å². The van der Waals surface area contributed by atoms with Gasteiger partial charge in [-0.3, -0.25) is 0 Å². The van der Waals surface area contributed by atoms with Gasteiger partial charge in [-0.05, 0) is 43.7 Å². The van der Waals surface area contributed by atoms with E-state index in [2.05, 4.69) is 55.0 Å². The summed E-state index contributed by atoms with van der Waals surface area (Å²) in [4.78, 5) is 0. The SMILES string of the molecule is Cc1c(CNC2CCCC(C)CC2)n(C)c2ccccc12. The Balaban J connectivity index is 1.73. The quantitative estimate of drug-likeness (QED) is 0.818. The normalized spacial score (nSPS) is 23.4. The minimum absolute atomic E-state index is 0.701. The molecule has 1 heterocycles. The lowest BCUT2D eigenvalue weighted by Crippen LogP contribution is -2.29. The van der Waals surface area contributed by atoms with Crippen molar-refractivity contribution in [2.24, 2.45) is 13.0 Å². The molecule has 0 saturated heterocycles. The van der Waals surface area contributed by atoms with Crippen LogP contribution in [0.1, 0.15) is 50.3 Å². The first-order chi connectivity index (χ1) is 10.2. The highest BCUT2D eigenvalue weighted by Crippen LogP contribution is 2.26. The van der Waals surface area contributed by atoms with E-state index in [-0.39, 0.29) is 0 Å². The summed E-state index contributed by atoms with van der Waals surface area (Å²) < 4.78 is 2.36. The van der Waals surface area contributed by atoms with E-state index in [0.717, 1.165) is 12.5 Å². The van der Waals surface area contributed by atoms with Crippen LogP contribution in [0.3, 0.4) is 0 Å². The van der Waals surface area contributed by atoms with Crippen LogP contribution in [-0.4, -0.2) is 10.6 Å². The summed E-state index contributed by atoms with van der Waals surface area (Å²) in [7, 11) is 2.20. The van der Waals surface area contributed by atoms with E-state index in [1.165, 1.54) is 54.3 Å². The lowest BCUT2D eigenvalue weighted by Gasteiger charge is -2.17. The van der Waals surface area contributed by atoms with Crippen LogP contribution in [0.15, 0.2) is 24.3 Å². The number of aryl methyl sites for hydroxylation is 2. The van der Waals surface area contributed by atoms with Crippen LogP contribution in [0.2, 0.25) is 0 Å². The molecule has 1 saturated carbocycles. The molecule has 0 aliphatic heterocycles. The van der Waals surface area contributed by atoms with Gasteiger partial charge in [0.25, 0.3) is 0 Å². The van der Waals surface area contributed by atoms with E-state index in [0.29, 0.717) is 6.04 Å². The zero-order chi connectivity index (χ0) is 14.8. The van der Waals surface area contributed by atoms with Gasteiger partial charge in [0.15, 0.2) is 0 Å². The Morgan fingerprint density at radius 3 is 2.76 bits per heavy atom. The number of benzene rings is 1. The van der Waals surface area contributed by atoms with Gasteiger partial charge >= 0.3 is 0 Å². The molecule has 2 aromatic rings. The molecule has 1 N–H and O–H groups in total. The van der Waals surface area contributed by atoms with Crippen LogP contribution in [0, 0.1) is 12.8 Å². The second kappa shape index (κ2) is 6.23. The highest BCUT2D eigenvalue weighted by Gasteiger charge is 2.17. The first kappa shape index (κ1) is 14.6. The fraction of sp³-hybridized carbons (Fsp3) is 0.579. The minimum atomic E-state index is 0.701. The molecule has 2 atom stereocenters. The van der Waals surface area contributed by atoms with Gasteiger partial charge in [0, 0.05) is 36.2 Å². The van der Waals surface area contributed by atoms with Crippen molar-refractivity contribution in [3.8, 4) is 0 Å². The van der Waals surface area contributed by atoms with Crippen LogP contribution < -0.4 is 5.32 Å². The molecule has 114 valence electrons. The second-order valence-corrected chi connectivity index (χ2v) is 6.84. The maximum absolute atomic E-state index is 3.82. The smallest absolute Gasteiger partial charge is 0.0483 e. The van der Waals surface area contributed by atoms with Crippen LogP contribution in [0.5, 0.6) is 0 Å². The van der Waals surface area contributed by atoms with Gasteiger partial charge in [-0.25, -0.2) is 0 Å². The Bertz CT molecular complexity index is 572. The van der Waals surface area contributed by atoms with Gasteiger partial charge in [0.2, 0.25) is 0 Å². The fourth-order valence-electron chi connectivity index (χ4n) is 3.82. The van der Waals surface area contributed by atoms with E-state index in [1.54, 1.807) is 0 Å². The summed E-state index contributed by atoms with van der Waals surface area (Å²) in [6, 6.07) is 9.43. The summed E-state index contributed by atoms with van der Waals surface area (Å²) in [5.41, 5.74) is 4.22. The molecule has 0 amide bonds. The Morgan fingerprint density at radius 2 is 1.95 bits per heavy atom. The van der Waals surface area contributed by atoms with E-state index in [4.69, 9.17) is 0 Å². The summed E-state index contributed by atoms with van der Waals surface area (Å²) in [5.74, 6) is 0.913. The first-order valence-electron chi connectivity index (χ1n) is 8.43. The first-order valence-corrected chi connectivity index (χ1v) is 8.43. The predicted molar refractivity (Wildman–Crippen MR) is 90.5 cm³/mol. The third-order valence-electron chi connectivity index (χ3n) is 5.32. The largest absolute Gasteiger partial charge is 0.346 e. The molecule has 2 unspecified atom stereocenters. The van der Waals surface area contributed by atoms with Gasteiger partial charge in [-0.1, -0.05) is 38.0 Å². The highest BCUT2D eigenvalue weighted by molar-refractivity contribution is 5.85. The molecular formula is C19H28N2. The average Bonchev–Trinajstić information content (AvgIpc) is 2.65. The third kappa shape index (κ3) is 3.01. The van der Waals surface area contributed by atoms with Crippen LogP contribution in [-0.2, 0) is 13.6 Å². The molecular weight excluding hydrogens is 256 g/mol. The number of nitrogens with one attached hydrogen (secondary N) is 1. The summed E-state index contributed by atoms with van der Waals surface area (Å²) >= 11 is 0. The van der Waals surface area contributed by atoms with Crippen molar-refractivity contribution in [3.63, 3.8) is 0 Å². The van der Waals surface area contributed by atoms with Gasteiger partial charge in [0.05, 0.1) is 0 Å². The van der Waals surface area contributed by atoms with Crippen molar-refractivity contribution in [2.45, 2.75) is 58.5 Å². The lowest BCUT2D eigenvalue weighted by atomic mass is 10.0. The van der Waals surface area contributed by atoms with E-state index < -0.39 is 0 Å². The molecule has 1 aliphatic rings. The molecule has 3 rings (SSSR count). The Morgan fingerprint density at radius 1 is 1.14 bits per heavy atom. The number of fused-ring (bicyclic) bond motifs is 1. The van der Waals surface area contributed by atoms with Crippen molar-refractivity contribution < 1.29 is 0 Å². The van der Waals surface area contributed by atoms with Crippen molar-refractivity contribution in [1.29, 1.82) is 0 Å². The molecule has 0 bridgehead atoms. The van der Waals surface area contributed by atoms with E-state index in [9.17, 15) is 0 Å². The number of nitrogens with zero attached hydrogens (tertiary/aromatic N) is 1.